The highest BCUT2D eigenvalue weighted by Crippen LogP contribution is 2.06. The monoisotopic (exact) mass is 495 g/mol. The van der Waals surface area contributed by atoms with Gasteiger partial charge in [-0.1, -0.05) is 30.3 Å². The first-order valence-corrected chi connectivity index (χ1v) is 10.5. The van der Waals surface area contributed by atoms with Gasteiger partial charge in [-0.05, 0) is 12.0 Å². The summed E-state index contributed by atoms with van der Waals surface area (Å²) in [6.45, 7) is -0.769. The summed E-state index contributed by atoms with van der Waals surface area (Å²) in [6.07, 6.45) is -1.64. The fraction of sp³-hybridized carbons (Fsp3) is 0.429. The van der Waals surface area contributed by atoms with Crippen molar-refractivity contribution in [3.63, 3.8) is 0 Å². The van der Waals surface area contributed by atoms with Crippen molar-refractivity contribution >= 4 is 35.6 Å². The van der Waals surface area contributed by atoms with Gasteiger partial charge in [-0.15, -0.1) is 0 Å². The number of aliphatic carboxylic acids is 2. The molecule has 0 aliphatic rings. The molecule has 0 spiro atoms. The van der Waals surface area contributed by atoms with E-state index in [1.807, 2.05) is 0 Å². The highest BCUT2D eigenvalue weighted by atomic mass is 16.4. The molecule has 0 bridgehead atoms. The van der Waals surface area contributed by atoms with E-state index in [4.69, 9.17) is 21.7 Å². The van der Waals surface area contributed by atoms with Crippen LogP contribution >= 0.6 is 0 Å². The number of carbonyl (C=O) groups is 6. The molecule has 1 aromatic rings. The largest absolute Gasteiger partial charge is 0.481 e. The average molecular weight is 495 g/mol. The van der Waals surface area contributed by atoms with E-state index in [9.17, 15) is 33.9 Å². The zero-order valence-corrected chi connectivity index (χ0v) is 18.7. The summed E-state index contributed by atoms with van der Waals surface area (Å²) in [4.78, 5) is 71.5. The summed E-state index contributed by atoms with van der Waals surface area (Å²) >= 11 is 0. The molecule has 192 valence electrons. The molecule has 4 atom stereocenters. The lowest BCUT2D eigenvalue weighted by Gasteiger charge is -2.24. The second-order valence-electron chi connectivity index (χ2n) is 7.60. The van der Waals surface area contributed by atoms with Crippen molar-refractivity contribution in [2.45, 2.75) is 49.9 Å². The average Bonchev–Trinajstić information content (AvgIpc) is 2.80. The van der Waals surface area contributed by atoms with Crippen molar-refractivity contribution in [1.29, 1.82) is 0 Å². The highest BCUT2D eigenvalue weighted by Gasteiger charge is 2.31. The van der Waals surface area contributed by atoms with Crippen LogP contribution in [0.3, 0.4) is 0 Å². The Morgan fingerprint density at radius 1 is 0.829 bits per heavy atom. The third-order valence-electron chi connectivity index (χ3n) is 4.75. The molecule has 0 radical (unpaired) electrons. The third-order valence-corrected chi connectivity index (χ3v) is 4.75. The van der Waals surface area contributed by atoms with Crippen molar-refractivity contribution < 1.29 is 44.1 Å². The number of carbonyl (C=O) groups excluding carboxylic acids is 4. The van der Waals surface area contributed by atoms with Crippen LogP contribution in [0.15, 0.2) is 30.3 Å². The molecule has 0 saturated heterocycles. The van der Waals surface area contributed by atoms with Crippen LogP contribution in [0.5, 0.6) is 0 Å². The van der Waals surface area contributed by atoms with Crippen molar-refractivity contribution in [1.82, 2.24) is 16.0 Å². The van der Waals surface area contributed by atoms with Gasteiger partial charge in [0.05, 0.1) is 13.0 Å². The fourth-order valence-corrected chi connectivity index (χ4v) is 2.90. The number of hydrogen-bond acceptors (Lipinski definition) is 8. The van der Waals surface area contributed by atoms with Crippen molar-refractivity contribution in [2.24, 2.45) is 11.5 Å². The van der Waals surface area contributed by atoms with Crippen molar-refractivity contribution in [3.8, 4) is 0 Å². The standard InChI is InChI=1S/C21H29N5O9/c22-12(10-27)18(31)25-14(9-17(29)30)20(33)24-13(6-7-16(23)28)19(32)26-15(21(34)35)8-11-4-2-1-3-5-11/h1-5,12-15,27H,6-10,22H2,(H2,23,28)(H,24,33)(H,25,31)(H,26,32)(H,29,30)(H,34,35). The van der Waals surface area contributed by atoms with Gasteiger partial charge in [-0.3, -0.25) is 24.0 Å². The Morgan fingerprint density at radius 3 is 1.89 bits per heavy atom. The summed E-state index contributed by atoms with van der Waals surface area (Å²) in [5.74, 6) is -6.70. The van der Waals surface area contributed by atoms with Crippen LogP contribution in [0.1, 0.15) is 24.8 Å². The molecule has 0 saturated carbocycles. The van der Waals surface area contributed by atoms with E-state index in [1.165, 1.54) is 0 Å². The Bertz CT molecular complexity index is 925. The molecule has 14 heteroatoms. The van der Waals surface area contributed by atoms with Gasteiger partial charge in [0.25, 0.3) is 0 Å². The van der Waals surface area contributed by atoms with Crippen LogP contribution in [0.2, 0.25) is 0 Å². The summed E-state index contributed by atoms with van der Waals surface area (Å²) in [6, 6.07) is 2.45. The lowest BCUT2D eigenvalue weighted by Crippen LogP contribution is -2.58. The first-order valence-electron chi connectivity index (χ1n) is 10.5. The Kier molecular flexibility index (Phi) is 11.8. The Balaban J connectivity index is 3.04. The van der Waals surface area contributed by atoms with E-state index < -0.39 is 72.8 Å². The number of aliphatic hydroxyl groups excluding tert-OH is 1. The highest BCUT2D eigenvalue weighted by molar-refractivity contribution is 5.95. The van der Waals surface area contributed by atoms with Gasteiger partial charge in [0.1, 0.15) is 24.2 Å². The molecule has 4 amide bonds. The smallest absolute Gasteiger partial charge is 0.326 e. The number of primary amides is 1. The molecule has 0 heterocycles. The molecule has 1 rings (SSSR count). The molecule has 14 nitrogen and oxygen atoms in total. The van der Waals surface area contributed by atoms with E-state index in [-0.39, 0.29) is 19.3 Å². The van der Waals surface area contributed by atoms with Crippen LogP contribution in [-0.2, 0) is 35.2 Å². The predicted octanol–water partition coefficient (Wildman–Crippen LogP) is -3.17. The molecule has 1 aromatic carbocycles. The molecular weight excluding hydrogens is 466 g/mol. The molecule has 0 fully saturated rings. The second-order valence-corrected chi connectivity index (χ2v) is 7.60. The normalized spacial score (nSPS) is 14.0. The summed E-state index contributed by atoms with van der Waals surface area (Å²) in [5.41, 5.74) is 11.1. The number of nitrogens with one attached hydrogen (secondary N) is 3. The quantitative estimate of drug-likeness (QED) is 0.121. The van der Waals surface area contributed by atoms with Gasteiger partial charge >= 0.3 is 11.9 Å². The maximum Gasteiger partial charge on any atom is 0.326 e. The minimum absolute atomic E-state index is 0.0743. The van der Waals surface area contributed by atoms with Gasteiger partial charge in [-0.2, -0.15) is 0 Å². The first kappa shape index (κ1) is 29.0. The van der Waals surface area contributed by atoms with Gasteiger partial charge < -0.3 is 42.7 Å². The molecule has 4 unspecified atom stereocenters. The number of amides is 4. The van der Waals surface area contributed by atoms with Crippen LogP contribution in [-0.4, -0.2) is 81.7 Å². The molecule has 35 heavy (non-hydrogen) atoms. The van der Waals surface area contributed by atoms with Crippen LogP contribution < -0.4 is 27.4 Å². The van der Waals surface area contributed by atoms with E-state index in [1.54, 1.807) is 30.3 Å². The Morgan fingerprint density at radius 2 is 1.37 bits per heavy atom. The summed E-state index contributed by atoms with van der Waals surface area (Å²) < 4.78 is 0. The zero-order chi connectivity index (χ0) is 26.5. The van der Waals surface area contributed by atoms with Crippen LogP contribution in [0.4, 0.5) is 0 Å². The lowest BCUT2D eigenvalue weighted by molar-refractivity contribution is -0.143. The van der Waals surface area contributed by atoms with Gasteiger partial charge in [0, 0.05) is 12.8 Å². The summed E-state index contributed by atoms with van der Waals surface area (Å²) in [5, 5.41) is 34.1. The molecule has 10 N–H and O–H groups in total. The SMILES string of the molecule is NC(=O)CCC(NC(=O)C(CC(=O)O)NC(=O)C(N)CO)C(=O)NC(Cc1ccccc1)C(=O)O. The summed E-state index contributed by atoms with van der Waals surface area (Å²) in [7, 11) is 0. The Hall–Kier alpha value is -4.04. The van der Waals surface area contributed by atoms with Gasteiger partial charge in [-0.25, -0.2) is 4.79 Å². The second kappa shape index (κ2) is 14.3. The van der Waals surface area contributed by atoms with Crippen molar-refractivity contribution in [2.75, 3.05) is 6.61 Å². The Labute approximate surface area is 200 Å². The lowest BCUT2D eigenvalue weighted by atomic mass is 10.0. The van der Waals surface area contributed by atoms with Gasteiger partial charge in [0.15, 0.2) is 0 Å². The van der Waals surface area contributed by atoms with E-state index >= 15 is 0 Å². The number of aliphatic hydroxyl groups is 1. The van der Waals surface area contributed by atoms with Crippen LogP contribution in [0.25, 0.3) is 0 Å². The fourth-order valence-electron chi connectivity index (χ4n) is 2.90. The van der Waals surface area contributed by atoms with E-state index in [2.05, 4.69) is 16.0 Å². The van der Waals surface area contributed by atoms with Crippen LogP contribution in [0, 0.1) is 0 Å². The van der Waals surface area contributed by atoms with Gasteiger partial charge in [0.2, 0.25) is 23.6 Å². The number of rotatable bonds is 15. The molecule has 0 aliphatic carbocycles. The van der Waals surface area contributed by atoms with E-state index in [0.29, 0.717) is 5.56 Å². The minimum Gasteiger partial charge on any atom is -0.481 e. The first-order chi connectivity index (χ1) is 16.4. The predicted molar refractivity (Wildman–Crippen MR) is 119 cm³/mol. The maximum atomic E-state index is 12.8. The zero-order valence-electron chi connectivity index (χ0n) is 18.7. The maximum absolute atomic E-state index is 12.8. The number of nitrogens with two attached hydrogens (primary N) is 2. The number of benzene rings is 1. The van der Waals surface area contributed by atoms with E-state index in [0.717, 1.165) is 0 Å². The molecule has 0 aromatic heterocycles. The number of carboxylic acids is 2. The topological polar surface area (TPSA) is 251 Å². The number of hydrogen-bond donors (Lipinski definition) is 8. The van der Waals surface area contributed by atoms with Crippen molar-refractivity contribution in [3.05, 3.63) is 35.9 Å². The molecule has 0 aliphatic heterocycles. The molecular formula is C21H29N5O9. The third kappa shape index (κ3) is 10.6. The minimum atomic E-state index is -1.68. The number of carboxylic acid groups (broad SMARTS) is 2.